The Morgan fingerprint density at radius 1 is 0.452 bits per heavy atom. The standard InChI is InChI=1S/C13H10F14O4/c14-8(10(16,17)18,11(19,20)21)6(28)30-4-2-1-3-5-31-7(29)9(15,12(22,23)24)13(25,26)27/h1-5H2. The molecule has 0 aliphatic rings. The molecule has 0 unspecified atom stereocenters. The van der Waals surface area contributed by atoms with Crippen LogP contribution in [0.25, 0.3) is 0 Å². The number of ether oxygens (including phenoxy) is 2. The summed E-state index contributed by atoms with van der Waals surface area (Å²) in [4.78, 5) is 21.7. The van der Waals surface area contributed by atoms with E-state index < -0.39 is 80.5 Å². The van der Waals surface area contributed by atoms with Gasteiger partial charge in [-0.25, -0.2) is 18.4 Å². The highest BCUT2D eigenvalue weighted by molar-refractivity contribution is 5.82. The van der Waals surface area contributed by atoms with Crippen molar-refractivity contribution in [1.82, 2.24) is 0 Å². The molecule has 18 heteroatoms. The van der Waals surface area contributed by atoms with Gasteiger partial charge in [0.05, 0.1) is 13.2 Å². The van der Waals surface area contributed by atoms with E-state index in [1.165, 1.54) is 0 Å². The average molecular weight is 496 g/mol. The summed E-state index contributed by atoms with van der Waals surface area (Å²) in [6.07, 6.45) is -28.7. The number of esters is 2. The average Bonchev–Trinajstić information content (AvgIpc) is 2.54. The lowest BCUT2D eigenvalue weighted by molar-refractivity contribution is -0.334. The first-order chi connectivity index (χ1) is 13.5. The number of rotatable bonds is 8. The molecule has 184 valence electrons. The van der Waals surface area contributed by atoms with E-state index in [9.17, 15) is 71.1 Å². The molecule has 0 bridgehead atoms. The number of halogens is 14. The molecule has 0 N–H and O–H groups in total. The zero-order chi connectivity index (χ0) is 25.1. The first-order valence-corrected chi connectivity index (χ1v) is 7.54. The third-order valence-electron chi connectivity index (χ3n) is 3.38. The number of hydrogen-bond acceptors (Lipinski definition) is 4. The van der Waals surface area contributed by atoms with Gasteiger partial charge in [-0.1, -0.05) is 0 Å². The van der Waals surface area contributed by atoms with Crippen molar-refractivity contribution in [2.24, 2.45) is 0 Å². The number of carbonyl (C=O) groups excluding carboxylic acids is 2. The topological polar surface area (TPSA) is 52.6 Å². The van der Waals surface area contributed by atoms with Crippen LogP contribution in [-0.4, -0.2) is 61.2 Å². The second kappa shape index (κ2) is 9.22. The second-order valence-corrected chi connectivity index (χ2v) is 5.64. The lowest BCUT2D eigenvalue weighted by Gasteiger charge is -2.27. The molecule has 0 fully saturated rings. The molecule has 0 heterocycles. The molecule has 0 radical (unpaired) electrons. The van der Waals surface area contributed by atoms with E-state index in [-0.39, 0.29) is 0 Å². The zero-order valence-corrected chi connectivity index (χ0v) is 14.5. The van der Waals surface area contributed by atoms with Gasteiger partial charge in [0.15, 0.2) is 0 Å². The van der Waals surface area contributed by atoms with E-state index in [1.807, 2.05) is 0 Å². The lowest BCUT2D eigenvalue weighted by Crippen LogP contribution is -2.59. The SMILES string of the molecule is O=C(OCCCCCOC(=O)C(F)(C(F)(F)F)C(F)(F)F)C(F)(C(F)(F)F)C(F)(F)F. The fraction of sp³-hybridized carbons (Fsp3) is 0.846. The van der Waals surface area contributed by atoms with E-state index in [0.717, 1.165) is 0 Å². The van der Waals surface area contributed by atoms with Gasteiger partial charge in [-0.2, -0.15) is 52.7 Å². The molecule has 0 aromatic rings. The van der Waals surface area contributed by atoms with Gasteiger partial charge in [0.1, 0.15) is 0 Å². The van der Waals surface area contributed by atoms with Gasteiger partial charge in [-0.15, -0.1) is 0 Å². The van der Waals surface area contributed by atoms with Crippen LogP contribution in [0.1, 0.15) is 19.3 Å². The van der Waals surface area contributed by atoms with Crippen LogP contribution >= 0.6 is 0 Å². The Morgan fingerprint density at radius 2 is 0.677 bits per heavy atom. The van der Waals surface area contributed by atoms with Crippen LogP contribution in [0.15, 0.2) is 0 Å². The van der Waals surface area contributed by atoms with Crippen molar-refractivity contribution in [2.75, 3.05) is 13.2 Å². The van der Waals surface area contributed by atoms with Crippen molar-refractivity contribution >= 4 is 11.9 Å². The van der Waals surface area contributed by atoms with Crippen LogP contribution in [0.5, 0.6) is 0 Å². The van der Waals surface area contributed by atoms with Crippen molar-refractivity contribution < 1.29 is 80.5 Å². The Bertz CT molecular complexity index is 548. The van der Waals surface area contributed by atoms with E-state index in [2.05, 4.69) is 9.47 Å². The summed E-state index contributed by atoms with van der Waals surface area (Å²) in [6, 6.07) is 0. The molecule has 4 nitrogen and oxygen atoms in total. The molecule has 0 rings (SSSR count). The van der Waals surface area contributed by atoms with Crippen molar-refractivity contribution in [3.8, 4) is 0 Å². The highest BCUT2D eigenvalue weighted by Gasteiger charge is 2.79. The molecule has 0 aliphatic heterocycles. The Morgan fingerprint density at radius 3 is 0.871 bits per heavy atom. The molecule has 0 amide bonds. The number of carbonyl (C=O) groups is 2. The fourth-order valence-electron chi connectivity index (χ4n) is 1.69. The largest absolute Gasteiger partial charge is 0.463 e. The van der Waals surface area contributed by atoms with Crippen LogP contribution in [0.2, 0.25) is 0 Å². The predicted molar refractivity (Wildman–Crippen MR) is 67.7 cm³/mol. The summed E-state index contributed by atoms with van der Waals surface area (Å²) in [5.74, 6) is -6.70. The minimum absolute atomic E-state index is 0.519. The van der Waals surface area contributed by atoms with Crippen molar-refractivity contribution in [2.45, 2.75) is 55.3 Å². The van der Waals surface area contributed by atoms with E-state index in [1.54, 1.807) is 0 Å². The molecular formula is C13H10F14O4. The Kier molecular flexibility index (Phi) is 8.61. The smallest absolute Gasteiger partial charge is 0.442 e. The van der Waals surface area contributed by atoms with Gasteiger partial charge >= 0.3 is 48.0 Å². The zero-order valence-electron chi connectivity index (χ0n) is 14.5. The minimum Gasteiger partial charge on any atom is -0.463 e. The lowest BCUT2D eigenvalue weighted by atomic mass is 10.1. The molecule has 0 spiro atoms. The number of hydrogen-bond donors (Lipinski definition) is 0. The molecule has 0 atom stereocenters. The maximum atomic E-state index is 13.2. The highest BCUT2D eigenvalue weighted by atomic mass is 19.4. The Balaban J connectivity index is 4.65. The van der Waals surface area contributed by atoms with Gasteiger partial charge in [0.25, 0.3) is 0 Å². The Labute approximate surface area is 162 Å². The first-order valence-electron chi connectivity index (χ1n) is 7.54. The molecule has 0 saturated carbocycles. The first kappa shape index (κ1) is 29.0. The van der Waals surface area contributed by atoms with Crippen LogP contribution in [0, 0.1) is 0 Å². The van der Waals surface area contributed by atoms with E-state index in [0.29, 0.717) is 0 Å². The summed E-state index contributed by atoms with van der Waals surface area (Å²) < 4.78 is 180. The van der Waals surface area contributed by atoms with Gasteiger partial charge in [0.2, 0.25) is 0 Å². The molecular weight excluding hydrogens is 486 g/mol. The number of alkyl halides is 14. The summed E-state index contributed by atoms with van der Waals surface area (Å²) in [5.41, 5.74) is -12.7. The van der Waals surface area contributed by atoms with Crippen molar-refractivity contribution in [3.05, 3.63) is 0 Å². The van der Waals surface area contributed by atoms with Crippen molar-refractivity contribution in [1.29, 1.82) is 0 Å². The second-order valence-electron chi connectivity index (χ2n) is 5.64. The summed E-state index contributed by atoms with van der Waals surface area (Å²) in [6.45, 7) is -2.55. The normalized spacial score (nSPS) is 14.4. The quantitative estimate of drug-likeness (QED) is 0.273. The summed E-state index contributed by atoms with van der Waals surface area (Å²) in [7, 11) is 0. The monoisotopic (exact) mass is 496 g/mol. The maximum absolute atomic E-state index is 13.2. The van der Waals surface area contributed by atoms with Gasteiger partial charge in [-0.3, -0.25) is 0 Å². The van der Waals surface area contributed by atoms with E-state index in [4.69, 9.17) is 0 Å². The summed E-state index contributed by atoms with van der Waals surface area (Å²) >= 11 is 0. The van der Waals surface area contributed by atoms with Gasteiger partial charge in [-0.05, 0) is 19.3 Å². The minimum atomic E-state index is -6.72. The fourth-order valence-corrected chi connectivity index (χ4v) is 1.69. The van der Waals surface area contributed by atoms with Gasteiger partial charge < -0.3 is 9.47 Å². The third-order valence-corrected chi connectivity index (χ3v) is 3.38. The van der Waals surface area contributed by atoms with Crippen LogP contribution in [0.4, 0.5) is 61.5 Å². The molecule has 0 saturated heterocycles. The predicted octanol–water partition coefficient (Wildman–Crippen LogP) is 4.91. The molecule has 31 heavy (non-hydrogen) atoms. The molecule has 0 aliphatic carbocycles. The van der Waals surface area contributed by atoms with Crippen LogP contribution < -0.4 is 0 Å². The van der Waals surface area contributed by atoms with E-state index >= 15 is 0 Å². The van der Waals surface area contributed by atoms with Crippen molar-refractivity contribution in [3.63, 3.8) is 0 Å². The third kappa shape index (κ3) is 6.02. The van der Waals surface area contributed by atoms with Crippen LogP contribution in [-0.2, 0) is 19.1 Å². The Hall–Kier alpha value is -2.04. The maximum Gasteiger partial charge on any atom is 0.442 e. The highest BCUT2D eigenvalue weighted by Crippen LogP contribution is 2.48. The van der Waals surface area contributed by atoms with Gasteiger partial charge in [0, 0.05) is 0 Å². The summed E-state index contributed by atoms with van der Waals surface area (Å²) in [5, 5.41) is 0. The molecule has 0 aromatic heterocycles. The number of unbranched alkanes of at least 4 members (excludes halogenated alkanes) is 2. The van der Waals surface area contributed by atoms with Crippen LogP contribution in [0.3, 0.4) is 0 Å². The molecule has 0 aromatic carbocycles.